The molecule has 0 aliphatic rings. The highest BCUT2D eigenvalue weighted by Gasteiger charge is 2.40. The van der Waals surface area contributed by atoms with Gasteiger partial charge in [0.1, 0.15) is 12.4 Å². The van der Waals surface area contributed by atoms with Gasteiger partial charge in [0.2, 0.25) is 0 Å². The van der Waals surface area contributed by atoms with Crippen LogP contribution in [0.25, 0.3) is 0 Å². The van der Waals surface area contributed by atoms with Gasteiger partial charge in [-0.3, -0.25) is 0 Å². The molecule has 0 spiro atoms. The number of benzene rings is 1. The van der Waals surface area contributed by atoms with Crippen LogP contribution in [0.5, 0.6) is 5.75 Å². The number of hydrogen-bond acceptors (Lipinski definition) is 3. The molecule has 0 amide bonds. The first-order valence-corrected chi connectivity index (χ1v) is 4.80. The van der Waals surface area contributed by atoms with Gasteiger partial charge in [-0.15, -0.1) is 0 Å². The van der Waals surface area contributed by atoms with Gasteiger partial charge in [0, 0.05) is 5.69 Å². The highest BCUT2D eigenvalue weighted by molar-refractivity contribution is 5.47. The molecular weight excluding hydrogens is 233 g/mol. The van der Waals surface area contributed by atoms with Crippen molar-refractivity contribution in [2.24, 2.45) is 5.92 Å². The average Bonchev–Trinajstić information content (AvgIpc) is 2.19. The predicted molar refractivity (Wildman–Crippen MR) is 56.2 cm³/mol. The van der Waals surface area contributed by atoms with E-state index in [9.17, 15) is 13.2 Å². The Balaban J connectivity index is 2.71. The number of halogens is 3. The summed E-state index contributed by atoms with van der Waals surface area (Å²) in [5, 5.41) is 8.38. The van der Waals surface area contributed by atoms with E-state index in [0.717, 1.165) is 0 Å². The molecule has 0 aliphatic heterocycles. The van der Waals surface area contributed by atoms with Gasteiger partial charge in [0.25, 0.3) is 0 Å². The topological polar surface area (TPSA) is 59.0 Å². The smallest absolute Gasteiger partial charge is 0.407 e. The molecule has 6 heteroatoms. The van der Waals surface area contributed by atoms with Crippen LogP contribution in [0.1, 0.15) is 5.56 Å². The molecule has 92 valence electrons. The molecule has 1 rings (SSSR count). The summed E-state index contributed by atoms with van der Waals surface area (Å²) in [7, 11) is 0. The number of anilines is 1. The monoisotopic (exact) mass is 244 g/mol. The Morgan fingerprint density at radius 2 is 2.12 bits per heavy atom. The minimum absolute atomic E-state index is 0.295. The normalized spacial score (nSPS) is 12.9. The number of aryl methyl sites for hydroxylation is 1. The van der Waals surface area contributed by atoms with Gasteiger partial charge >= 0.3 is 6.18 Å². The zero-order valence-electron chi connectivity index (χ0n) is 9.08. The van der Waals surface area contributed by atoms with E-state index in [1.54, 1.807) is 13.0 Å². The molecule has 0 saturated heterocycles. The van der Waals surface area contributed by atoms with Gasteiger partial charge in [-0.2, -0.15) is 18.4 Å². The van der Waals surface area contributed by atoms with Crippen LogP contribution in [-0.4, -0.2) is 12.8 Å². The van der Waals surface area contributed by atoms with Crippen molar-refractivity contribution in [1.82, 2.24) is 0 Å². The third-order valence-electron chi connectivity index (χ3n) is 2.16. The van der Waals surface area contributed by atoms with Crippen molar-refractivity contribution in [1.29, 1.82) is 5.26 Å². The second-order valence-corrected chi connectivity index (χ2v) is 3.56. The largest absolute Gasteiger partial charge is 0.492 e. The molecule has 1 unspecified atom stereocenters. The minimum Gasteiger partial charge on any atom is -0.492 e. The lowest BCUT2D eigenvalue weighted by Crippen LogP contribution is -2.27. The lowest BCUT2D eigenvalue weighted by Gasteiger charge is -2.15. The number of rotatable bonds is 3. The molecule has 1 aromatic rings. The lowest BCUT2D eigenvalue weighted by molar-refractivity contribution is -0.165. The molecule has 1 atom stereocenters. The molecule has 1 aromatic carbocycles. The number of hydrogen-bond donors (Lipinski definition) is 1. The molecule has 0 aliphatic carbocycles. The quantitative estimate of drug-likeness (QED) is 0.831. The van der Waals surface area contributed by atoms with Crippen molar-refractivity contribution in [3.63, 3.8) is 0 Å². The van der Waals surface area contributed by atoms with Gasteiger partial charge in [0.15, 0.2) is 5.92 Å². The number of ether oxygens (including phenoxy) is 1. The van der Waals surface area contributed by atoms with Crippen LogP contribution in [0, 0.1) is 24.2 Å². The summed E-state index contributed by atoms with van der Waals surface area (Å²) in [6, 6.07) is 5.76. The first-order valence-electron chi connectivity index (χ1n) is 4.80. The van der Waals surface area contributed by atoms with Crippen LogP contribution in [-0.2, 0) is 0 Å². The maximum Gasteiger partial charge on any atom is 0.407 e. The molecule has 0 saturated carbocycles. The van der Waals surface area contributed by atoms with E-state index < -0.39 is 18.7 Å². The van der Waals surface area contributed by atoms with Crippen molar-refractivity contribution in [2.45, 2.75) is 13.1 Å². The number of nitrogens with zero attached hydrogens (tertiary/aromatic N) is 1. The molecule has 0 bridgehead atoms. The molecule has 0 aromatic heterocycles. The summed E-state index contributed by atoms with van der Waals surface area (Å²) < 4.78 is 41.8. The molecule has 0 heterocycles. The lowest BCUT2D eigenvalue weighted by atomic mass is 10.1. The van der Waals surface area contributed by atoms with Crippen LogP contribution in [0.15, 0.2) is 18.2 Å². The van der Waals surface area contributed by atoms with Gasteiger partial charge < -0.3 is 10.5 Å². The standard InChI is InChI=1S/C11H11F3N2O/c1-7-4-9(16)2-3-10(7)17-6-8(5-15)11(12,13)14/h2-4,8H,6,16H2,1H3. The summed E-state index contributed by atoms with van der Waals surface area (Å²) >= 11 is 0. The maximum absolute atomic E-state index is 12.3. The van der Waals surface area contributed by atoms with Crippen LogP contribution in [0.4, 0.5) is 18.9 Å². The van der Waals surface area contributed by atoms with E-state index in [4.69, 9.17) is 15.7 Å². The fraction of sp³-hybridized carbons (Fsp3) is 0.364. The van der Waals surface area contributed by atoms with Crippen molar-refractivity contribution in [3.05, 3.63) is 23.8 Å². The van der Waals surface area contributed by atoms with E-state index in [1.165, 1.54) is 18.2 Å². The van der Waals surface area contributed by atoms with Gasteiger partial charge in [-0.25, -0.2) is 0 Å². The summed E-state index contributed by atoms with van der Waals surface area (Å²) in [6.07, 6.45) is -4.57. The number of alkyl halides is 3. The van der Waals surface area contributed by atoms with E-state index in [-0.39, 0.29) is 0 Å². The van der Waals surface area contributed by atoms with Crippen molar-refractivity contribution < 1.29 is 17.9 Å². The average molecular weight is 244 g/mol. The number of nitrogens with two attached hydrogens (primary N) is 1. The summed E-state index contributed by atoms with van der Waals surface area (Å²) in [5.41, 5.74) is 6.62. The Kier molecular flexibility index (Phi) is 3.84. The van der Waals surface area contributed by atoms with Crippen molar-refractivity contribution in [3.8, 4) is 11.8 Å². The van der Waals surface area contributed by atoms with Crippen molar-refractivity contribution in [2.75, 3.05) is 12.3 Å². The Hall–Kier alpha value is -1.90. The maximum atomic E-state index is 12.3. The Morgan fingerprint density at radius 1 is 1.47 bits per heavy atom. The third kappa shape index (κ3) is 3.55. The van der Waals surface area contributed by atoms with Gasteiger partial charge in [-0.05, 0) is 30.7 Å². The van der Waals surface area contributed by atoms with Gasteiger partial charge in [-0.1, -0.05) is 0 Å². The second kappa shape index (κ2) is 4.95. The van der Waals surface area contributed by atoms with Crippen LogP contribution in [0.2, 0.25) is 0 Å². The summed E-state index contributed by atoms with van der Waals surface area (Å²) in [6.45, 7) is 0.950. The second-order valence-electron chi connectivity index (χ2n) is 3.56. The first kappa shape index (κ1) is 13.2. The highest BCUT2D eigenvalue weighted by Crippen LogP contribution is 2.27. The minimum atomic E-state index is -4.57. The molecule has 0 radical (unpaired) electrons. The molecule has 17 heavy (non-hydrogen) atoms. The number of nitriles is 1. The van der Waals surface area contributed by atoms with Crippen LogP contribution < -0.4 is 10.5 Å². The SMILES string of the molecule is Cc1cc(N)ccc1OCC(C#N)C(F)(F)F. The first-order chi connectivity index (χ1) is 7.84. The highest BCUT2D eigenvalue weighted by atomic mass is 19.4. The fourth-order valence-electron chi connectivity index (χ4n) is 1.21. The molecule has 0 fully saturated rings. The van der Waals surface area contributed by atoms with E-state index in [0.29, 0.717) is 17.0 Å². The van der Waals surface area contributed by atoms with E-state index in [1.807, 2.05) is 0 Å². The summed E-state index contributed by atoms with van der Waals surface area (Å²) in [4.78, 5) is 0. The van der Waals surface area contributed by atoms with E-state index in [2.05, 4.69) is 0 Å². The Bertz CT molecular complexity index is 437. The number of nitrogen functional groups attached to an aromatic ring is 1. The zero-order valence-corrected chi connectivity index (χ0v) is 9.08. The molecular formula is C11H11F3N2O. The zero-order chi connectivity index (χ0) is 13.1. The molecule has 3 nitrogen and oxygen atoms in total. The molecule has 2 N–H and O–H groups in total. The van der Waals surface area contributed by atoms with E-state index >= 15 is 0 Å². The Labute approximate surface area is 96.6 Å². The Morgan fingerprint density at radius 3 is 2.59 bits per heavy atom. The summed E-state index contributed by atoms with van der Waals surface area (Å²) in [5.74, 6) is -1.83. The van der Waals surface area contributed by atoms with Gasteiger partial charge in [0.05, 0.1) is 6.07 Å². The third-order valence-corrected chi connectivity index (χ3v) is 2.16. The van der Waals surface area contributed by atoms with Crippen molar-refractivity contribution >= 4 is 5.69 Å². The predicted octanol–water partition coefficient (Wildman–Crippen LogP) is 2.66. The van der Waals surface area contributed by atoms with Crippen LogP contribution >= 0.6 is 0 Å². The fourth-order valence-corrected chi connectivity index (χ4v) is 1.21. The van der Waals surface area contributed by atoms with Crippen LogP contribution in [0.3, 0.4) is 0 Å².